The molecule has 0 aliphatic rings. The number of amides is 1. The van der Waals surface area contributed by atoms with Gasteiger partial charge in [-0.1, -0.05) is 12.1 Å². The van der Waals surface area contributed by atoms with Gasteiger partial charge in [0.1, 0.15) is 5.82 Å². The number of pyridine rings is 2. The number of nitrogens with zero attached hydrogens (tertiary/aromatic N) is 4. The predicted molar refractivity (Wildman–Crippen MR) is 94.8 cm³/mol. The van der Waals surface area contributed by atoms with E-state index in [1.807, 2.05) is 53.1 Å². The van der Waals surface area contributed by atoms with Gasteiger partial charge in [-0.2, -0.15) is 5.10 Å². The maximum absolute atomic E-state index is 12.3. The van der Waals surface area contributed by atoms with Crippen LogP contribution in [-0.4, -0.2) is 31.6 Å². The molecule has 0 saturated heterocycles. The summed E-state index contributed by atoms with van der Waals surface area (Å²) in [6.45, 7) is 0.547. The van der Waals surface area contributed by atoms with Crippen molar-refractivity contribution in [3.63, 3.8) is 0 Å². The van der Waals surface area contributed by atoms with E-state index in [1.54, 1.807) is 29.3 Å². The quantitative estimate of drug-likeness (QED) is 0.611. The Labute approximate surface area is 144 Å². The predicted octanol–water partition coefficient (Wildman–Crippen LogP) is 2.49. The van der Waals surface area contributed by atoms with Gasteiger partial charge in [0.25, 0.3) is 5.91 Å². The molecular weight excluding hydrogens is 314 g/mol. The molecule has 0 aliphatic carbocycles. The maximum atomic E-state index is 12.3. The van der Waals surface area contributed by atoms with Crippen molar-refractivity contribution < 1.29 is 4.79 Å². The average Bonchev–Trinajstić information content (AvgIpc) is 3.29. The number of rotatable bonds is 5. The fourth-order valence-corrected chi connectivity index (χ4v) is 2.76. The van der Waals surface area contributed by atoms with E-state index in [2.05, 4.69) is 15.4 Å². The Morgan fingerprint density at radius 2 is 2.00 bits per heavy atom. The van der Waals surface area contributed by atoms with Crippen LogP contribution in [0.25, 0.3) is 11.3 Å². The first-order chi connectivity index (χ1) is 12.3. The number of aromatic nitrogens is 4. The molecule has 0 radical (unpaired) electrons. The largest absolute Gasteiger partial charge is 0.350 e. The molecule has 0 aliphatic heterocycles. The Morgan fingerprint density at radius 1 is 1.04 bits per heavy atom. The van der Waals surface area contributed by atoms with E-state index >= 15 is 0 Å². The normalized spacial score (nSPS) is 10.9. The molecule has 4 aromatic heterocycles. The number of nitrogens with one attached hydrogen (secondary N) is 1. The molecule has 4 rings (SSSR count). The van der Waals surface area contributed by atoms with Crippen LogP contribution in [0.5, 0.6) is 0 Å². The lowest BCUT2D eigenvalue weighted by atomic mass is 10.2. The fraction of sp³-hybridized carbons (Fsp3) is 0.105. The zero-order valence-corrected chi connectivity index (χ0v) is 13.5. The number of hydrogen-bond donors (Lipinski definition) is 1. The summed E-state index contributed by atoms with van der Waals surface area (Å²) >= 11 is 0. The smallest absolute Gasteiger partial charge is 0.271 e. The Morgan fingerprint density at radius 3 is 2.88 bits per heavy atom. The van der Waals surface area contributed by atoms with Crippen molar-refractivity contribution in [3.05, 3.63) is 84.6 Å². The standard InChI is InChI=1S/C19H17N5O/c25-19(21-11-8-15-4-3-10-20-14-15)17-9-13-24(22-17)18-7-6-16-5-1-2-12-23(16)18/h1-7,9-10,12-14H,8,11H2,(H,21,25). The summed E-state index contributed by atoms with van der Waals surface area (Å²) in [5.74, 6) is 0.716. The van der Waals surface area contributed by atoms with Crippen LogP contribution in [0.1, 0.15) is 16.1 Å². The molecule has 0 fully saturated rings. The number of fused-ring (bicyclic) bond motifs is 1. The molecule has 1 amide bonds. The molecule has 124 valence electrons. The third-order valence-corrected chi connectivity index (χ3v) is 4.02. The van der Waals surface area contributed by atoms with Gasteiger partial charge in [-0.3, -0.25) is 9.78 Å². The van der Waals surface area contributed by atoms with Gasteiger partial charge in [0.15, 0.2) is 5.69 Å². The third kappa shape index (κ3) is 3.14. The molecule has 0 bridgehead atoms. The van der Waals surface area contributed by atoms with Gasteiger partial charge in [0.05, 0.1) is 0 Å². The van der Waals surface area contributed by atoms with Crippen LogP contribution >= 0.6 is 0 Å². The van der Waals surface area contributed by atoms with Gasteiger partial charge >= 0.3 is 0 Å². The fourth-order valence-electron chi connectivity index (χ4n) is 2.76. The summed E-state index contributed by atoms with van der Waals surface area (Å²) in [5, 5.41) is 7.29. The zero-order valence-electron chi connectivity index (χ0n) is 13.5. The van der Waals surface area contributed by atoms with Crippen molar-refractivity contribution in [2.75, 3.05) is 6.54 Å². The van der Waals surface area contributed by atoms with Crippen LogP contribution in [-0.2, 0) is 6.42 Å². The van der Waals surface area contributed by atoms with Crippen molar-refractivity contribution in [3.8, 4) is 5.82 Å². The second kappa shape index (κ2) is 6.60. The van der Waals surface area contributed by atoms with Crippen LogP contribution < -0.4 is 5.32 Å². The second-order valence-electron chi connectivity index (χ2n) is 5.70. The summed E-state index contributed by atoms with van der Waals surface area (Å²) < 4.78 is 3.74. The van der Waals surface area contributed by atoms with E-state index in [9.17, 15) is 4.79 Å². The molecule has 0 aromatic carbocycles. The molecule has 25 heavy (non-hydrogen) atoms. The topological polar surface area (TPSA) is 64.2 Å². The van der Waals surface area contributed by atoms with Gasteiger partial charge in [-0.05, 0) is 48.4 Å². The molecule has 6 heteroatoms. The monoisotopic (exact) mass is 331 g/mol. The Kier molecular flexibility index (Phi) is 4.00. The highest BCUT2D eigenvalue weighted by Crippen LogP contribution is 2.14. The van der Waals surface area contributed by atoms with Crippen LogP contribution in [0.2, 0.25) is 0 Å². The maximum Gasteiger partial charge on any atom is 0.271 e. The minimum Gasteiger partial charge on any atom is -0.350 e. The highest BCUT2D eigenvalue weighted by molar-refractivity contribution is 5.92. The summed E-state index contributed by atoms with van der Waals surface area (Å²) in [5.41, 5.74) is 2.57. The molecule has 0 unspecified atom stereocenters. The highest BCUT2D eigenvalue weighted by Gasteiger charge is 2.11. The van der Waals surface area contributed by atoms with Gasteiger partial charge < -0.3 is 9.72 Å². The molecule has 0 atom stereocenters. The van der Waals surface area contributed by atoms with Gasteiger partial charge in [0.2, 0.25) is 0 Å². The molecular formula is C19H17N5O. The highest BCUT2D eigenvalue weighted by atomic mass is 16.1. The Hall–Kier alpha value is -3.41. The molecule has 4 heterocycles. The van der Waals surface area contributed by atoms with E-state index in [1.165, 1.54) is 0 Å². The summed E-state index contributed by atoms with van der Waals surface area (Å²) in [6.07, 6.45) is 8.05. The summed E-state index contributed by atoms with van der Waals surface area (Å²) in [6, 6.07) is 15.6. The van der Waals surface area contributed by atoms with Crippen molar-refractivity contribution in [2.45, 2.75) is 6.42 Å². The minimum absolute atomic E-state index is 0.177. The van der Waals surface area contributed by atoms with E-state index in [0.717, 1.165) is 23.3 Å². The van der Waals surface area contributed by atoms with Crippen molar-refractivity contribution in [2.24, 2.45) is 0 Å². The van der Waals surface area contributed by atoms with E-state index < -0.39 is 0 Å². The van der Waals surface area contributed by atoms with Crippen LogP contribution in [0.15, 0.2) is 73.3 Å². The van der Waals surface area contributed by atoms with Gasteiger partial charge in [-0.15, -0.1) is 0 Å². The SMILES string of the molecule is O=C(NCCc1cccnc1)c1ccn(-c2ccc3ccccn23)n1. The molecule has 4 aromatic rings. The first kappa shape index (κ1) is 15.1. The van der Waals surface area contributed by atoms with E-state index in [-0.39, 0.29) is 5.91 Å². The number of carbonyl (C=O) groups excluding carboxylic acids is 1. The lowest BCUT2D eigenvalue weighted by Gasteiger charge is -2.04. The number of carbonyl (C=O) groups is 1. The van der Waals surface area contributed by atoms with Gasteiger partial charge in [0, 0.05) is 36.8 Å². The zero-order chi connectivity index (χ0) is 17.1. The molecule has 0 spiro atoms. The first-order valence-electron chi connectivity index (χ1n) is 8.10. The summed E-state index contributed by atoms with van der Waals surface area (Å²) in [7, 11) is 0. The average molecular weight is 331 g/mol. The van der Waals surface area contributed by atoms with Crippen molar-refractivity contribution >= 4 is 11.4 Å². The lowest BCUT2D eigenvalue weighted by Crippen LogP contribution is -2.26. The van der Waals surface area contributed by atoms with Crippen LogP contribution in [0.3, 0.4) is 0 Å². The second-order valence-corrected chi connectivity index (χ2v) is 5.70. The summed E-state index contributed by atoms with van der Waals surface area (Å²) in [4.78, 5) is 16.3. The Bertz CT molecular complexity index is 1000. The molecule has 6 nitrogen and oxygen atoms in total. The number of hydrogen-bond acceptors (Lipinski definition) is 3. The van der Waals surface area contributed by atoms with Crippen molar-refractivity contribution in [1.29, 1.82) is 0 Å². The first-order valence-corrected chi connectivity index (χ1v) is 8.10. The van der Waals surface area contributed by atoms with E-state index in [4.69, 9.17) is 0 Å². The minimum atomic E-state index is -0.177. The third-order valence-electron chi connectivity index (χ3n) is 4.02. The van der Waals surface area contributed by atoms with Gasteiger partial charge in [-0.25, -0.2) is 4.68 Å². The molecule has 1 N–H and O–H groups in total. The van der Waals surface area contributed by atoms with Crippen LogP contribution in [0.4, 0.5) is 0 Å². The van der Waals surface area contributed by atoms with Crippen molar-refractivity contribution in [1.82, 2.24) is 24.5 Å². The molecule has 0 saturated carbocycles. The Balaban J connectivity index is 1.45. The van der Waals surface area contributed by atoms with Crippen LogP contribution in [0, 0.1) is 0 Å². The van der Waals surface area contributed by atoms with E-state index in [0.29, 0.717) is 12.2 Å². The lowest BCUT2D eigenvalue weighted by molar-refractivity contribution is 0.0948.